The van der Waals surface area contributed by atoms with E-state index >= 15 is 0 Å². The van der Waals surface area contributed by atoms with Gasteiger partial charge in [0, 0.05) is 19.8 Å². The maximum absolute atomic E-state index is 12.9. The zero-order chi connectivity index (χ0) is 11.3. The second kappa shape index (κ2) is 5.80. The van der Waals surface area contributed by atoms with Crippen LogP contribution in [0.1, 0.15) is 23.6 Å². The minimum Gasteiger partial charge on any atom is -0.385 e. The van der Waals surface area contributed by atoms with Crippen LogP contribution in [0, 0.1) is 12.7 Å². The molecule has 0 spiro atoms. The average molecular weight is 212 g/mol. The summed E-state index contributed by atoms with van der Waals surface area (Å²) in [6.45, 7) is 2.49. The topological polar surface area (TPSA) is 47.3 Å². The van der Waals surface area contributed by atoms with Gasteiger partial charge in [0.25, 0.3) is 0 Å². The van der Waals surface area contributed by atoms with E-state index in [1.807, 2.05) is 6.92 Å². The van der Waals surface area contributed by atoms with Crippen LogP contribution >= 0.6 is 0 Å². The number of ether oxygens (including phenoxy) is 1. The Balaban J connectivity index is 2.81. The van der Waals surface area contributed by atoms with Gasteiger partial charge in [-0.05, 0) is 36.6 Å². The first kappa shape index (κ1) is 12.1. The van der Waals surface area contributed by atoms with E-state index in [2.05, 4.69) is 5.43 Å². The monoisotopic (exact) mass is 212 g/mol. The third-order valence-electron chi connectivity index (χ3n) is 2.42. The summed E-state index contributed by atoms with van der Waals surface area (Å²) in [6.07, 6.45) is 0.763. The van der Waals surface area contributed by atoms with Gasteiger partial charge in [-0.3, -0.25) is 11.3 Å². The molecule has 4 heteroatoms. The molecule has 15 heavy (non-hydrogen) atoms. The van der Waals surface area contributed by atoms with Crippen molar-refractivity contribution in [3.63, 3.8) is 0 Å². The minimum atomic E-state index is -0.223. The number of nitrogens with one attached hydrogen (secondary N) is 1. The summed E-state index contributed by atoms with van der Waals surface area (Å²) in [7, 11) is 1.64. The number of benzene rings is 1. The molecule has 0 saturated carbocycles. The van der Waals surface area contributed by atoms with Gasteiger partial charge >= 0.3 is 0 Å². The zero-order valence-corrected chi connectivity index (χ0v) is 9.09. The molecular weight excluding hydrogens is 195 g/mol. The van der Waals surface area contributed by atoms with Crippen LogP contribution < -0.4 is 11.3 Å². The van der Waals surface area contributed by atoms with Gasteiger partial charge in [-0.15, -0.1) is 0 Å². The summed E-state index contributed by atoms with van der Waals surface area (Å²) in [4.78, 5) is 0. The van der Waals surface area contributed by atoms with Crippen molar-refractivity contribution >= 4 is 0 Å². The second-order valence-electron chi connectivity index (χ2n) is 3.50. The molecule has 0 heterocycles. The quantitative estimate of drug-likeness (QED) is 0.576. The van der Waals surface area contributed by atoms with Gasteiger partial charge < -0.3 is 4.74 Å². The van der Waals surface area contributed by atoms with Crippen LogP contribution in [0.5, 0.6) is 0 Å². The van der Waals surface area contributed by atoms with Gasteiger partial charge in [0.05, 0.1) is 0 Å². The molecule has 1 unspecified atom stereocenters. The first-order valence-corrected chi connectivity index (χ1v) is 4.90. The third-order valence-corrected chi connectivity index (χ3v) is 2.42. The van der Waals surface area contributed by atoms with Crippen molar-refractivity contribution in [2.75, 3.05) is 13.7 Å². The van der Waals surface area contributed by atoms with Gasteiger partial charge in [-0.2, -0.15) is 0 Å². The summed E-state index contributed by atoms with van der Waals surface area (Å²) in [6, 6.07) is 4.71. The summed E-state index contributed by atoms with van der Waals surface area (Å²) < 4.78 is 17.9. The van der Waals surface area contributed by atoms with Crippen LogP contribution in [0.25, 0.3) is 0 Å². The normalized spacial score (nSPS) is 12.8. The van der Waals surface area contributed by atoms with Gasteiger partial charge in [0.15, 0.2) is 0 Å². The van der Waals surface area contributed by atoms with Crippen molar-refractivity contribution in [1.82, 2.24) is 5.43 Å². The molecule has 0 aliphatic carbocycles. The maximum atomic E-state index is 12.9. The molecular formula is C11H17FN2O. The van der Waals surface area contributed by atoms with Crippen molar-refractivity contribution in [2.45, 2.75) is 19.4 Å². The molecule has 0 aliphatic rings. The van der Waals surface area contributed by atoms with Gasteiger partial charge in [0.2, 0.25) is 0 Å². The van der Waals surface area contributed by atoms with E-state index in [4.69, 9.17) is 10.6 Å². The smallest absolute Gasteiger partial charge is 0.123 e. The van der Waals surface area contributed by atoms with E-state index in [9.17, 15) is 4.39 Å². The van der Waals surface area contributed by atoms with E-state index in [1.165, 1.54) is 12.1 Å². The van der Waals surface area contributed by atoms with Crippen LogP contribution in [-0.2, 0) is 4.74 Å². The van der Waals surface area contributed by atoms with Crippen molar-refractivity contribution in [2.24, 2.45) is 5.84 Å². The maximum Gasteiger partial charge on any atom is 0.123 e. The van der Waals surface area contributed by atoms with Crippen molar-refractivity contribution in [3.05, 3.63) is 35.1 Å². The Morgan fingerprint density at radius 2 is 2.27 bits per heavy atom. The predicted octanol–water partition coefficient (Wildman–Crippen LogP) is 1.68. The van der Waals surface area contributed by atoms with Crippen molar-refractivity contribution < 1.29 is 9.13 Å². The lowest BCUT2D eigenvalue weighted by Crippen LogP contribution is -2.29. The highest BCUT2D eigenvalue weighted by molar-refractivity contribution is 5.29. The number of nitrogens with two attached hydrogens (primary N) is 1. The fourth-order valence-corrected chi connectivity index (χ4v) is 1.59. The number of hydrogen-bond acceptors (Lipinski definition) is 3. The lowest BCUT2D eigenvalue weighted by atomic mass is 9.99. The van der Waals surface area contributed by atoms with Crippen molar-refractivity contribution in [1.29, 1.82) is 0 Å². The number of methoxy groups -OCH3 is 1. The van der Waals surface area contributed by atoms with Crippen LogP contribution in [0.4, 0.5) is 4.39 Å². The number of hydrogen-bond donors (Lipinski definition) is 2. The Bertz CT molecular complexity index is 317. The Labute approximate surface area is 89.4 Å². The highest BCUT2D eigenvalue weighted by Crippen LogP contribution is 2.20. The third kappa shape index (κ3) is 3.27. The first-order valence-electron chi connectivity index (χ1n) is 4.90. The Kier molecular flexibility index (Phi) is 4.68. The lowest BCUT2D eigenvalue weighted by molar-refractivity contribution is 0.183. The predicted molar refractivity (Wildman–Crippen MR) is 57.7 cm³/mol. The minimum absolute atomic E-state index is 0.00514. The van der Waals surface area contributed by atoms with Crippen LogP contribution in [0.2, 0.25) is 0 Å². The molecule has 3 nitrogen and oxygen atoms in total. The van der Waals surface area contributed by atoms with E-state index in [0.717, 1.165) is 17.5 Å². The van der Waals surface area contributed by atoms with E-state index < -0.39 is 0 Å². The zero-order valence-electron chi connectivity index (χ0n) is 9.09. The molecule has 84 valence electrons. The average Bonchev–Trinajstić information content (AvgIpc) is 2.21. The molecule has 0 saturated heterocycles. The molecule has 1 rings (SSSR count). The van der Waals surface area contributed by atoms with E-state index in [-0.39, 0.29) is 11.9 Å². The Hall–Kier alpha value is -0.970. The molecule has 1 aromatic carbocycles. The standard InChI is InChI=1S/C11H17FN2O/c1-8-7-9(12)3-4-10(8)11(14-13)5-6-15-2/h3-4,7,11,14H,5-6,13H2,1-2H3. The number of aryl methyl sites for hydroxylation is 1. The highest BCUT2D eigenvalue weighted by Gasteiger charge is 2.12. The molecule has 3 N–H and O–H groups in total. The first-order chi connectivity index (χ1) is 7.19. The molecule has 0 amide bonds. The van der Waals surface area contributed by atoms with Crippen molar-refractivity contribution in [3.8, 4) is 0 Å². The van der Waals surface area contributed by atoms with Gasteiger partial charge in [-0.25, -0.2) is 4.39 Å². The number of rotatable bonds is 5. The van der Waals surface area contributed by atoms with Gasteiger partial charge in [0.1, 0.15) is 5.82 Å². The molecule has 1 aromatic rings. The van der Waals surface area contributed by atoms with Crippen LogP contribution in [0.3, 0.4) is 0 Å². The number of hydrazine groups is 1. The molecule has 0 aromatic heterocycles. The summed E-state index contributed by atoms with van der Waals surface area (Å²) in [5, 5.41) is 0. The molecule has 0 radical (unpaired) electrons. The summed E-state index contributed by atoms with van der Waals surface area (Å²) in [5.74, 6) is 5.23. The fourth-order valence-electron chi connectivity index (χ4n) is 1.59. The summed E-state index contributed by atoms with van der Waals surface area (Å²) >= 11 is 0. The molecule has 0 bridgehead atoms. The van der Waals surface area contributed by atoms with E-state index in [1.54, 1.807) is 13.2 Å². The SMILES string of the molecule is COCCC(NN)c1ccc(F)cc1C. The van der Waals surface area contributed by atoms with Crippen LogP contribution in [-0.4, -0.2) is 13.7 Å². The molecule has 0 fully saturated rings. The van der Waals surface area contributed by atoms with Crippen LogP contribution in [0.15, 0.2) is 18.2 Å². The fraction of sp³-hybridized carbons (Fsp3) is 0.455. The number of halogens is 1. The largest absolute Gasteiger partial charge is 0.385 e. The molecule has 1 atom stereocenters. The highest BCUT2D eigenvalue weighted by atomic mass is 19.1. The second-order valence-corrected chi connectivity index (χ2v) is 3.50. The van der Waals surface area contributed by atoms with E-state index in [0.29, 0.717) is 6.61 Å². The van der Waals surface area contributed by atoms with Gasteiger partial charge in [-0.1, -0.05) is 6.07 Å². The Morgan fingerprint density at radius 1 is 1.53 bits per heavy atom. The molecule has 0 aliphatic heterocycles. The Morgan fingerprint density at radius 3 is 2.80 bits per heavy atom. The lowest BCUT2D eigenvalue weighted by Gasteiger charge is -2.18. The summed E-state index contributed by atoms with van der Waals surface area (Å²) in [5.41, 5.74) is 4.62.